The first-order chi connectivity index (χ1) is 8.79. The summed E-state index contributed by atoms with van der Waals surface area (Å²) >= 11 is 7.52. The minimum absolute atomic E-state index is 0.0603. The van der Waals surface area contributed by atoms with E-state index in [1.165, 1.54) is 0 Å². The SMILES string of the molecule is O=CN1c2ccccc2C=CC1c1cc(Cl)cs1. The molecule has 1 aromatic heterocycles. The Bertz CT molecular complexity index is 620. The molecule has 0 aliphatic carbocycles. The lowest BCUT2D eigenvalue weighted by Gasteiger charge is -2.29. The fourth-order valence-electron chi connectivity index (χ4n) is 2.14. The lowest BCUT2D eigenvalue weighted by atomic mass is 10.0. The van der Waals surface area contributed by atoms with Crippen LogP contribution in [-0.2, 0) is 4.79 Å². The molecule has 1 aliphatic rings. The molecule has 2 nitrogen and oxygen atoms in total. The summed E-state index contributed by atoms with van der Waals surface area (Å²) in [6.07, 6.45) is 4.95. The van der Waals surface area contributed by atoms with Crippen molar-refractivity contribution in [3.05, 3.63) is 57.3 Å². The van der Waals surface area contributed by atoms with Crippen molar-refractivity contribution in [2.75, 3.05) is 4.90 Å². The van der Waals surface area contributed by atoms with Crippen molar-refractivity contribution in [2.45, 2.75) is 6.04 Å². The van der Waals surface area contributed by atoms with Crippen LogP contribution in [0.3, 0.4) is 0 Å². The molecule has 1 aliphatic heterocycles. The van der Waals surface area contributed by atoms with E-state index in [4.69, 9.17) is 11.6 Å². The number of amides is 1. The van der Waals surface area contributed by atoms with Gasteiger partial charge in [-0.15, -0.1) is 11.3 Å². The maximum Gasteiger partial charge on any atom is 0.215 e. The Morgan fingerprint density at radius 2 is 2.17 bits per heavy atom. The molecule has 0 fully saturated rings. The smallest absolute Gasteiger partial charge is 0.215 e. The quantitative estimate of drug-likeness (QED) is 0.755. The monoisotopic (exact) mass is 275 g/mol. The zero-order valence-corrected chi connectivity index (χ0v) is 11.0. The highest BCUT2D eigenvalue weighted by Crippen LogP contribution is 2.37. The molecule has 3 rings (SSSR count). The van der Waals surface area contributed by atoms with Gasteiger partial charge in [0.25, 0.3) is 0 Å². The first-order valence-corrected chi connectivity index (χ1v) is 6.80. The molecule has 2 heterocycles. The van der Waals surface area contributed by atoms with Crippen LogP contribution < -0.4 is 4.90 Å². The van der Waals surface area contributed by atoms with Crippen LogP contribution in [0.1, 0.15) is 16.5 Å². The van der Waals surface area contributed by atoms with Crippen LogP contribution in [0.5, 0.6) is 0 Å². The van der Waals surface area contributed by atoms with Crippen LogP contribution in [0.15, 0.2) is 41.8 Å². The van der Waals surface area contributed by atoms with E-state index in [2.05, 4.69) is 0 Å². The second-order valence-corrected chi connectivity index (χ2v) is 5.42. The van der Waals surface area contributed by atoms with Crippen LogP contribution in [0, 0.1) is 0 Å². The standard InChI is InChI=1S/C14H10ClNOS/c15-11-7-14(18-8-11)13-6-5-10-3-1-2-4-12(10)16(13)9-17/h1-9,13H. The molecule has 90 valence electrons. The summed E-state index contributed by atoms with van der Waals surface area (Å²) in [4.78, 5) is 14.2. The number of fused-ring (bicyclic) bond motifs is 1. The Labute approximate surface area is 114 Å². The maximum atomic E-state index is 11.4. The van der Waals surface area contributed by atoms with Crippen LogP contribution in [0.25, 0.3) is 6.08 Å². The molecule has 18 heavy (non-hydrogen) atoms. The fourth-order valence-corrected chi connectivity index (χ4v) is 3.30. The summed E-state index contributed by atoms with van der Waals surface area (Å²) in [5.41, 5.74) is 1.99. The number of benzene rings is 1. The molecule has 1 atom stereocenters. The number of hydrogen-bond donors (Lipinski definition) is 0. The molecule has 0 spiro atoms. The summed E-state index contributed by atoms with van der Waals surface area (Å²) in [6.45, 7) is 0. The third-order valence-electron chi connectivity index (χ3n) is 2.97. The normalized spacial score (nSPS) is 17.6. The Hall–Kier alpha value is -1.58. The zero-order chi connectivity index (χ0) is 12.5. The highest BCUT2D eigenvalue weighted by molar-refractivity contribution is 7.10. The zero-order valence-electron chi connectivity index (χ0n) is 9.42. The van der Waals surface area contributed by atoms with Gasteiger partial charge >= 0.3 is 0 Å². The molecule has 4 heteroatoms. The van der Waals surface area contributed by atoms with E-state index in [1.54, 1.807) is 16.2 Å². The lowest BCUT2D eigenvalue weighted by molar-refractivity contribution is -0.107. The second kappa shape index (κ2) is 4.59. The van der Waals surface area contributed by atoms with Gasteiger partial charge in [0.2, 0.25) is 6.41 Å². The van der Waals surface area contributed by atoms with Crippen molar-refractivity contribution in [2.24, 2.45) is 0 Å². The molecule has 0 saturated carbocycles. The Morgan fingerprint density at radius 3 is 2.89 bits per heavy atom. The molecular formula is C14H10ClNOS. The Kier molecular flexibility index (Phi) is 2.94. The Balaban J connectivity index is 2.07. The van der Waals surface area contributed by atoms with E-state index in [0.29, 0.717) is 5.02 Å². The molecular weight excluding hydrogens is 266 g/mol. The second-order valence-electron chi connectivity index (χ2n) is 4.04. The van der Waals surface area contributed by atoms with Crippen LogP contribution >= 0.6 is 22.9 Å². The van der Waals surface area contributed by atoms with Gasteiger partial charge in [0.15, 0.2) is 0 Å². The number of carbonyl (C=O) groups is 1. The highest BCUT2D eigenvalue weighted by atomic mass is 35.5. The third kappa shape index (κ3) is 1.85. The maximum absolute atomic E-state index is 11.4. The number of para-hydroxylation sites is 1. The first-order valence-electron chi connectivity index (χ1n) is 5.54. The molecule has 1 unspecified atom stereocenters. The predicted molar refractivity (Wildman–Crippen MR) is 76.1 cm³/mol. The van der Waals surface area contributed by atoms with Crippen LogP contribution in [0.2, 0.25) is 5.02 Å². The summed E-state index contributed by atoms with van der Waals surface area (Å²) in [5, 5.41) is 2.60. The van der Waals surface area contributed by atoms with Gasteiger partial charge in [0.05, 0.1) is 16.8 Å². The van der Waals surface area contributed by atoms with Gasteiger partial charge in [0, 0.05) is 10.3 Å². The largest absolute Gasteiger partial charge is 0.303 e. The third-order valence-corrected chi connectivity index (χ3v) is 4.32. The number of anilines is 1. The van der Waals surface area contributed by atoms with Crippen LogP contribution in [-0.4, -0.2) is 6.41 Å². The van der Waals surface area contributed by atoms with Gasteiger partial charge in [-0.3, -0.25) is 4.79 Å². The summed E-state index contributed by atoms with van der Waals surface area (Å²) in [5.74, 6) is 0. The van der Waals surface area contributed by atoms with E-state index in [0.717, 1.165) is 22.5 Å². The van der Waals surface area contributed by atoms with E-state index < -0.39 is 0 Å². The van der Waals surface area contributed by atoms with E-state index >= 15 is 0 Å². The van der Waals surface area contributed by atoms with Crippen molar-refractivity contribution < 1.29 is 4.79 Å². The predicted octanol–water partition coefficient (Wildman–Crippen LogP) is 4.13. The van der Waals surface area contributed by atoms with Crippen LogP contribution in [0.4, 0.5) is 5.69 Å². The van der Waals surface area contributed by atoms with Gasteiger partial charge in [-0.1, -0.05) is 42.0 Å². The van der Waals surface area contributed by atoms with Gasteiger partial charge in [-0.2, -0.15) is 0 Å². The lowest BCUT2D eigenvalue weighted by Crippen LogP contribution is -2.27. The summed E-state index contributed by atoms with van der Waals surface area (Å²) in [7, 11) is 0. The molecule has 1 amide bonds. The number of thiophene rings is 1. The van der Waals surface area contributed by atoms with Gasteiger partial charge in [0.1, 0.15) is 0 Å². The molecule has 0 N–H and O–H groups in total. The van der Waals surface area contributed by atoms with Crippen molar-refractivity contribution in [3.63, 3.8) is 0 Å². The van der Waals surface area contributed by atoms with Crippen molar-refractivity contribution in [1.82, 2.24) is 0 Å². The average Bonchev–Trinajstić information content (AvgIpc) is 2.84. The molecule has 2 aromatic rings. The van der Waals surface area contributed by atoms with E-state index in [9.17, 15) is 4.79 Å². The topological polar surface area (TPSA) is 20.3 Å². The summed E-state index contributed by atoms with van der Waals surface area (Å²) < 4.78 is 0. The van der Waals surface area contributed by atoms with E-state index in [-0.39, 0.29) is 6.04 Å². The molecule has 0 bridgehead atoms. The van der Waals surface area contributed by atoms with Gasteiger partial charge in [-0.05, 0) is 17.7 Å². The van der Waals surface area contributed by atoms with Gasteiger partial charge < -0.3 is 4.90 Å². The molecule has 0 radical (unpaired) electrons. The first kappa shape index (κ1) is 11.5. The van der Waals surface area contributed by atoms with Crippen molar-refractivity contribution in [1.29, 1.82) is 0 Å². The highest BCUT2D eigenvalue weighted by Gasteiger charge is 2.24. The van der Waals surface area contributed by atoms with Crippen molar-refractivity contribution in [3.8, 4) is 0 Å². The number of carbonyl (C=O) groups excluding carboxylic acids is 1. The summed E-state index contributed by atoms with van der Waals surface area (Å²) in [6, 6.07) is 9.71. The fraction of sp³-hybridized carbons (Fsp3) is 0.0714. The number of rotatable bonds is 2. The molecule has 1 aromatic carbocycles. The Morgan fingerprint density at radius 1 is 1.33 bits per heavy atom. The minimum atomic E-state index is -0.0603. The number of hydrogen-bond acceptors (Lipinski definition) is 2. The van der Waals surface area contributed by atoms with Gasteiger partial charge in [-0.25, -0.2) is 0 Å². The molecule has 0 saturated heterocycles. The van der Waals surface area contributed by atoms with E-state index in [1.807, 2.05) is 47.9 Å². The van der Waals surface area contributed by atoms with Crippen molar-refractivity contribution >= 4 is 41.1 Å². The average molecular weight is 276 g/mol. The number of halogens is 1. The number of nitrogens with zero attached hydrogens (tertiary/aromatic N) is 1. The minimum Gasteiger partial charge on any atom is -0.303 e.